The van der Waals surface area contributed by atoms with Crippen LogP contribution in [0.2, 0.25) is 0 Å². The molecule has 160 valence electrons. The third-order valence-electron chi connectivity index (χ3n) is 4.85. The molecule has 0 spiro atoms. The number of hydrogen-bond donors (Lipinski definition) is 2. The van der Waals surface area contributed by atoms with Gasteiger partial charge in [-0.05, 0) is 47.2 Å². The lowest BCUT2D eigenvalue weighted by Gasteiger charge is -2.32. The molecule has 1 fully saturated rings. The quantitative estimate of drug-likeness (QED) is 0.309. The van der Waals surface area contributed by atoms with E-state index < -0.39 is 0 Å². The third kappa shape index (κ3) is 8.10. The Balaban J connectivity index is 0.00000300. The molecule has 2 aromatic heterocycles. The van der Waals surface area contributed by atoms with Crippen molar-refractivity contribution in [3.63, 3.8) is 0 Å². The first-order valence-corrected chi connectivity index (χ1v) is 11.0. The molecular weight excluding hydrogens is 497 g/mol. The minimum atomic E-state index is 0. The molecule has 0 radical (unpaired) electrons. The highest BCUT2D eigenvalue weighted by Crippen LogP contribution is 2.15. The van der Waals surface area contributed by atoms with E-state index in [1.54, 1.807) is 11.3 Å². The molecule has 0 amide bonds. The lowest BCUT2D eigenvalue weighted by Crippen LogP contribution is -2.48. The Morgan fingerprint density at radius 1 is 1.28 bits per heavy atom. The number of halogens is 1. The van der Waals surface area contributed by atoms with E-state index in [1.165, 1.54) is 5.56 Å². The molecule has 0 aliphatic carbocycles. The molecule has 0 saturated carbocycles. The van der Waals surface area contributed by atoms with Gasteiger partial charge in [0.1, 0.15) is 0 Å². The van der Waals surface area contributed by atoms with Crippen molar-refractivity contribution in [3.05, 3.63) is 46.3 Å². The summed E-state index contributed by atoms with van der Waals surface area (Å²) in [6.07, 6.45) is 5.11. The molecule has 8 heteroatoms. The maximum Gasteiger partial charge on any atom is 0.213 e. The van der Waals surface area contributed by atoms with Gasteiger partial charge in [-0.1, -0.05) is 13.0 Å². The van der Waals surface area contributed by atoms with Gasteiger partial charge in [0.25, 0.3) is 0 Å². The molecule has 0 atom stereocenters. The molecule has 0 unspecified atom stereocenters. The summed E-state index contributed by atoms with van der Waals surface area (Å²) in [5.74, 6) is 1.53. The zero-order valence-electron chi connectivity index (χ0n) is 17.3. The van der Waals surface area contributed by atoms with Crippen LogP contribution in [-0.2, 0) is 13.1 Å². The smallest absolute Gasteiger partial charge is 0.213 e. The predicted molar refractivity (Wildman–Crippen MR) is 131 cm³/mol. The summed E-state index contributed by atoms with van der Waals surface area (Å²) < 4.78 is 5.53. The lowest BCUT2D eigenvalue weighted by molar-refractivity contribution is 0.198. The summed E-state index contributed by atoms with van der Waals surface area (Å²) >= 11 is 1.77. The molecule has 29 heavy (non-hydrogen) atoms. The Bertz CT molecular complexity index is 715. The van der Waals surface area contributed by atoms with E-state index in [9.17, 15) is 0 Å². The predicted octanol–water partition coefficient (Wildman–Crippen LogP) is 3.88. The Labute approximate surface area is 195 Å². The van der Waals surface area contributed by atoms with Crippen LogP contribution in [0.15, 0.2) is 40.1 Å². The number of piperidine rings is 1. The van der Waals surface area contributed by atoms with Gasteiger partial charge >= 0.3 is 0 Å². The highest BCUT2D eigenvalue weighted by Gasteiger charge is 2.20. The van der Waals surface area contributed by atoms with Crippen LogP contribution in [-0.4, -0.2) is 48.6 Å². The molecule has 0 aromatic carbocycles. The first kappa shape index (κ1) is 23.9. The molecule has 2 aromatic rings. The number of aromatic nitrogens is 1. The summed E-state index contributed by atoms with van der Waals surface area (Å²) in [5, 5.41) is 11.3. The maximum absolute atomic E-state index is 5.53. The van der Waals surface area contributed by atoms with E-state index >= 15 is 0 Å². The Morgan fingerprint density at radius 2 is 2.10 bits per heavy atom. The zero-order valence-corrected chi connectivity index (χ0v) is 20.4. The SMILES string of the molecule is CCCOc1ccc(CNC(=NC)NC2CCN(Cc3ccsc3)CC2)cn1.I. The van der Waals surface area contributed by atoms with Crippen LogP contribution in [0.5, 0.6) is 5.88 Å². The van der Waals surface area contributed by atoms with Crippen molar-refractivity contribution in [2.24, 2.45) is 4.99 Å². The Morgan fingerprint density at radius 3 is 2.72 bits per heavy atom. The minimum Gasteiger partial charge on any atom is -0.478 e. The summed E-state index contributed by atoms with van der Waals surface area (Å²) in [6.45, 7) is 6.78. The van der Waals surface area contributed by atoms with Gasteiger partial charge in [0.2, 0.25) is 5.88 Å². The molecule has 1 aliphatic rings. The number of aliphatic imine (C=N–C) groups is 1. The van der Waals surface area contributed by atoms with Gasteiger partial charge < -0.3 is 15.4 Å². The summed E-state index contributed by atoms with van der Waals surface area (Å²) in [4.78, 5) is 11.3. The van der Waals surface area contributed by atoms with Crippen molar-refractivity contribution in [2.45, 2.75) is 45.3 Å². The number of guanidine groups is 1. The van der Waals surface area contributed by atoms with E-state index in [1.807, 2.05) is 25.4 Å². The van der Waals surface area contributed by atoms with Gasteiger partial charge in [-0.3, -0.25) is 9.89 Å². The molecule has 1 saturated heterocycles. The molecule has 3 heterocycles. The second kappa shape index (κ2) is 13.0. The summed E-state index contributed by atoms with van der Waals surface area (Å²) in [7, 11) is 1.82. The average molecular weight is 529 g/mol. The van der Waals surface area contributed by atoms with Crippen molar-refractivity contribution < 1.29 is 4.74 Å². The molecule has 3 rings (SSSR count). The molecule has 6 nitrogen and oxygen atoms in total. The Hall–Kier alpha value is -1.39. The van der Waals surface area contributed by atoms with Crippen molar-refractivity contribution >= 4 is 41.3 Å². The van der Waals surface area contributed by atoms with Crippen LogP contribution in [0.1, 0.15) is 37.3 Å². The fourth-order valence-electron chi connectivity index (χ4n) is 3.26. The second-order valence-corrected chi connectivity index (χ2v) is 7.89. The lowest BCUT2D eigenvalue weighted by atomic mass is 10.0. The van der Waals surface area contributed by atoms with E-state index in [4.69, 9.17) is 4.74 Å². The maximum atomic E-state index is 5.53. The van der Waals surface area contributed by atoms with Gasteiger partial charge in [0.15, 0.2) is 5.96 Å². The number of likely N-dealkylation sites (tertiary alicyclic amines) is 1. The first-order valence-electron chi connectivity index (χ1n) is 10.0. The largest absolute Gasteiger partial charge is 0.478 e. The molecule has 2 N–H and O–H groups in total. The summed E-state index contributed by atoms with van der Waals surface area (Å²) in [6, 6.07) is 6.65. The number of nitrogens with one attached hydrogen (secondary N) is 2. The highest BCUT2D eigenvalue weighted by molar-refractivity contribution is 14.0. The van der Waals surface area contributed by atoms with Crippen LogP contribution in [0.3, 0.4) is 0 Å². The van der Waals surface area contributed by atoms with E-state index in [0.717, 1.165) is 50.4 Å². The normalized spacial score (nSPS) is 15.6. The van der Waals surface area contributed by atoms with Crippen molar-refractivity contribution in [1.82, 2.24) is 20.5 Å². The second-order valence-electron chi connectivity index (χ2n) is 7.11. The van der Waals surface area contributed by atoms with Gasteiger partial charge in [-0.2, -0.15) is 11.3 Å². The fourth-order valence-corrected chi connectivity index (χ4v) is 3.92. The van der Waals surface area contributed by atoms with Crippen molar-refractivity contribution in [2.75, 3.05) is 26.7 Å². The standard InChI is InChI=1S/C21H31N5OS.HI/c1-3-11-27-20-5-4-17(13-23-20)14-24-21(22-2)25-19-6-9-26(10-7-19)15-18-8-12-28-16-18;/h4-5,8,12-13,16,19H,3,6-7,9-11,14-15H2,1-2H3,(H2,22,24,25);1H. The van der Waals surface area contributed by atoms with Gasteiger partial charge in [0, 0.05) is 51.5 Å². The minimum absolute atomic E-state index is 0. The fraction of sp³-hybridized carbons (Fsp3) is 0.524. The topological polar surface area (TPSA) is 61.8 Å². The summed E-state index contributed by atoms with van der Waals surface area (Å²) in [5.41, 5.74) is 2.53. The van der Waals surface area contributed by atoms with E-state index in [0.29, 0.717) is 25.1 Å². The van der Waals surface area contributed by atoms with Crippen LogP contribution in [0, 0.1) is 0 Å². The first-order chi connectivity index (χ1) is 13.8. The van der Waals surface area contributed by atoms with Crippen LogP contribution in [0.4, 0.5) is 0 Å². The van der Waals surface area contributed by atoms with Crippen LogP contribution in [0.25, 0.3) is 0 Å². The number of hydrogen-bond acceptors (Lipinski definition) is 5. The monoisotopic (exact) mass is 529 g/mol. The van der Waals surface area contributed by atoms with Crippen molar-refractivity contribution in [3.8, 4) is 5.88 Å². The number of nitrogens with zero attached hydrogens (tertiary/aromatic N) is 3. The van der Waals surface area contributed by atoms with Gasteiger partial charge in [0.05, 0.1) is 6.61 Å². The van der Waals surface area contributed by atoms with Gasteiger partial charge in [-0.25, -0.2) is 4.98 Å². The molecule has 1 aliphatic heterocycles. The number of ether oxygens (including phenoxy) is 1. The molecular formula is C21H32IN5OS. The van der Waals surface area contributed by atoms with Gasteiger partial charge in [-0.15, -0.1) is 24.0 Å². The number of thiophene rings is 1. The number of pyridine rings is 1. The van der Waals surface area contributed by atoms with Crippen LogP contribution >= 0.6 is 35.3 Å². The van der Waals surface area contributed by atoms with E-state index in [2.05, 4.69) is 49.3 Å². The van der Waals surface area contributed by atoms with Crippen LogP contribution < -0.4 is 15.4 Å². The Kier molecular flexibility index (Phi) is 10.7. The third-order valence-corrected chi connectivity index (χ3v) is 5.58. The highest BCUT2D eigenvalue weighted by atomic mass is 127. The van der Waals surface area contributed by atoms with E-state index in [-0.39, 0.29) is 24.0 Å². The molecule has 0 bridgehead atoms. The van der Waals surface area contributed by atoms with Crippen molar-refractivity contribution in [1.29, 1.82) is 0 Å². The zero-order chi connectivity index (χ0) is 19.6. The number of rotatable bonds is 8. The average Bonchev–Trinajstić information content (AvgIpc) is 3.24.